The predicted molar refractivity (Wildman–Crippen MR) is 111 cm³/mol. The summed E-state index contributed by atoms with van der Waals surface area (Å²) in [7, 11) is 3.11. The fourth-order valence-corrected chi connectivity index (χ4v) is 3.24. The summed E-state index contributed by atoms with van der Waals surface area (Å²) >= 11 is 0. The summed E-state index contributed by atoms with van der Waals surface area (Å²) in [4.78, 5) is 25.4. The summed E-state index contributed by atoms with van der Waals surface area (Å²) in [6.45, 7) is 1.75. The number of rotatable bonds is 8. The van der Waals surface area contributed by atoms with Crippen LogP contribution in [0.4, 0.5) is 0 Å². The van der Waals surface area contributed by atoms with Crippen LogP contribution >= 0.6 is 0 Å². The van der Waals surface area contributed by atoms with Crippen molar-refractivity contribution in [2.45, 2.75) is 26.3 Å². The molecule has 6 heteroatoms. The van der Waals surface area contributed by atoms with Crippen LogP contribution in [0.3, 0.4) is 0 Å². The van der Waals surface area contributed by atoms with Crippen molar-refractivity contribution in [3.05, 3.63) is 87.3 Å². The molecule has 0 aliphatic carbocycles. The molecule has 0 aliphatic heterocycles. The number of nitrogens with zero attached hydrogens (tertiary/aromatic N) is 2. The minimum atomic E-state index is -0.236. The van der Waals surface area contributed by atoms with Gasteiger partial charge in [0.05, 0.1) is 19.9 Å². The average molecular weight is 392 g/mol. The van der Waals surface area contributed by atoms with Crippen molar-refractivity contribution in [3.63, 3.8) is 0 Å². The molecule has 0 bridgehead atoms. The van der Waals surface area contributed by atoms with E-state index in [1.165, 1.54) is 4.68 Å². The van der Waals surface area contributed by atoms with Crippen molar-refractivity contribution < 1.29 is 14.3 Å². The van der Waals surface area contributed by atoms with E-state index in [0.29, 0.717) is 29.2 Å². The second kappa shape index (κ2) is 9.19. The standard InChI is InChI=1S/C23H24N2O4/c1-16-11-19(12-17-7-5-4-6-8-17)23(27)25(24-16)15-20(26)13-18-9-10-21(28-2)22(14-18)29-3/h4-11,14H,12-13,15H2,1-3H3. The zero-order chi connectivity index (χ0) is 20.8. The Hall–Kier alpha value is -3.41. The lowest BCUT2D eigenvalue weighted by atomic mass is 10.1. The number of hydrogen-bond acceptors (Lipinski definition) is 5. The van der Waals surface area contributed by atoms with Gasteiger partial charge in [-0.3, -0.25) is 9.59 Å². The third-order valence-corrected chi connectivity index (χ3v) is 4.58. The first kappa shape index (κ1) is 20.3. The third-order valence-electron chi connectivity index (χ3n) is 4.58. The molecule has 0 N–H and O–H groups in total. The number of benzene rings is 2. The van der Waals surface area contributed by atoms with Gasteiger partial charge >= 0.3 is 0 Å². The van der Waals surface area contributed by atoms with Gasteiger partial charge in [0.15, 0.2) is 17.3 Å². The highest BCUT2D eigenvalue weighted by atomic mass is 16.5. The van der Waals surface area contributed by atoms with Crippen LogP contribution in [0.2, 0.25) is 0 Å². The molecule has 0 fully saturated rings. The van der Waals surface area contributed by atoms with Gasteiger partial charge in [-0.25, -0.2) is 4.68 Å². The monoisotopic (exact) mass is 392 g/mol. The minimum absolute atomic E-state index is 0.0728. The molecule has 2 aromatic carbocycles. The Labute approximate surface area is 169 Å². The molecule has 0 unspecified atom stereocenters. The Morgan fingerprint density at radius 1 is 0.966 bits per heavy atom. The number of aromatic nitrogens is 2. The molecule has 29 heavy (non-hydrogen) atoms. The number of Topliss-reactive ketones (excluding diaryl/α,β-unsaturated/α-hetero) is 1. The molecule has 0 spiro atoms. The topological polar surface area (TPSA) is 70.4 Å². The van der Waals surface area contributed by atoms with Gasteiger partial charge in [-0.05, 0) is 36.2 Å². The number of methoxy groups -OCH3 is 2. The van der Waals surface area contributed by atoms with Gasteiger partial charge in [-0.15, -0.1) is 0 Å². The van der Waals surface area contributed by atoms with Crippen LogP contribution < -0.4 is 15.0 Å². The maximum absolute atomic E-state index is 12.8. The highest BCUT2D eigenvalue weighted by Gasteiger charge is 2.13. The third kappa shape index (κ3) is 5.10. The van der Waals surface area contributed by atoms with E-state index < -0.39 is 0 Å². The van der Waals surface area contributed by atoms with E-state index in [1.807, 2.05) is 43.3 Å². The van der Waals surface area contributed by atoms with Gasteiger partial charge in [-0.2, -0.15) is 5.10 Å². The van der Waals surface area contributed by atoms with E-state index >= 15 is 0 Å². The maximum Gasteiger partial charge on any atom is 0.270 e. The first-order valence-corrected chi connectivity index (χ1v) is 9.34. The quantitative estimate of drug-likeness (QED) is 0.589. The van der Waals surface area contributed by atoms with Crippen LogP contribution in [-0.2, 0) is 24.2 Å². The van der Waals surface area contributed by atoms with Gasteiger partial charge in [0, 0.05) is 18.4 Å². The number of ketones is 1. The average Bonchev–Trinajstić information content (AvgIpc) is 2.72. The lowest BCUT2D eigenvalue weighted by molar-refractivity contribution is -0.119. The molecular formula is C23H24N2O4. The van der Waals surface area contributed by atoms with Crippen LogP contribution in [0.15, 0.2) is 59.4 Å². The zero-order valence-electron chi connectivity index (χ0n) is 16.8. The van der Waals surface area contributed by atoms with Crippen LogP contribution in [-0.4, -0.2) is 29.8 Å². The molecule has 3 rings (SSSR count). The predicted octanol–water partition coefficient (Wildman–Crippen LogP) is 2.97. The lowest BCUT2D eigenvalue weighted by Gasteiger charge is -2.11. The molecule has 6 nitrogen and oxygen atoms in total. The summed E-state index contributed by atoms with van der Waals surface area (Å²) in [6.07, 6.45) is 0.684. The fraction of sp³-hybridized carbons (Fsp3) is 0.261. The summed E-state index contributed by atoms with van der Waals surface area (Å²) in [5.74, 6) is 1.06. The van der Waals surface area contributed by atoms with Gasteiger partial charge in [0.2, 0.25) is 0 Å². The number of aryl methyl sites for hydroxylation is 1. The SMILES string of the molecule is COc1ccc(CC(=O)Cn2nc(C)cc(Cc3ccccc3)c2=O)cc1OC. The van der Waals surface area contributed by atoms with E-state index in [4.69, 9.17) is 9.47 Å². The summed E-state index contributed by atoms with van der Waals surface area (Å²) < 4.78 is 11.8. The van der Waals surface area contributed by atoms with Crippen LogP contribution in [0.5, 0.6) is 11.5 Å². The summed E-state index contributed by atoms with van der Waals surface area (Å²) in [6, 6.07) is 16.9. The maximum atomic E-state index is 12.8. The molecule has 1 heterocycles. The van der Waals surface area contributed by atoms with E-state index in [9.17, 15) is 9.59 Å². The molecule has 0 aliphatic rings. The van der Waals surface area contributed by atoms with Crippen LogP contribution in [0.1, 0.15) is 22.4 Å². The van der Waals surface area contributed by atoms with Crippen molar-refractivity contribution in [1.29, 1.82) is 0 Å². The van der Waals surface area contributed by atoms with E-state index in [1.54, 1.807) is 32.4 Å². The number of ether oxygens (including phenoxy) is 2. The minimum Gasteiger partial charge on any atom is -0.493 e. The molecule has 150 valence electrons. The van der Waals surface area contributed by atoms with E-state index in [-0.39, 0.29) is 24.3 Å². The second-order valence-corrected chi connectivity index (χ2v) is 6.84. The van der Waals surface area contributed by atoms with Gasteiger partial charge in [0.1, 0.15) is 6.54 Å². The molecule has 0 amide bonds. The first-order valence-electron chi connectivity index (χ1n) is 9.34. The zero-order valence-corrected chi connectivity index (χ0v) is 16.8. The molecule has 0 atom stereocenters. The Balaban J connectivity index is 1.77. The lowest BCUT2D eigenvalue weighted by Crippen LogP contribution is -2.30. The first-order chi connectivity index (χ1) is 14.0. The number of carbonyl (C=O) groups is 1. The highest BCUT2D eigenvalue weighted by Crippen LogP contribution is 2.27. The molecule has 0 radical (unpaired) electrons. The second-order valence-electron chi connectivity index (χ2n) is 6.84. The largest absolute Gasteiger partial charge is 0.493 e. The molecule has 0 saturated carbocycles. The summed E-state index contributed by atoms with van der Waals surface area (Å²) in [5.41, 5.74) is 2.92. The normalized spacial score (nSPS) is 10.6. The van der Waals surface area contributed by atoms with Gasteiger partial charge in [0.25, 0.3) is 5.56 Å². The summed E-state index contributed by atoms with van der Waals surface area (Å²) in [5, 5.41) is 4.26. The van der Waals surface area contributed by atoms with Crippen molar-refractivity contribution in [2.75, 3.05) is 14.2 Å². The fourth-order valence-electron chi connectivity index (χ4n) is 3.24. The van der Waals surface area contributed by atoms with Crippen molar-refractivity contribution >= 4 is 5.78 Å². The van der Waals surface area contributed by atoms with Crippen LogP contribution in [0, 0.1) is 6.92 Å². The van der Waals surface area contributed by atoms with Crippen molar-refractivity contribution in [2.24, 2.45) is 0 Å². The van der Waals surface area contributed by atoms with E-state index in [0.717, 1.165) is 11.1 Å². The molecule has 0 saturated heterocycles. The Kier molecular flexibility index (Phi) is 6.44. The smallest absolute Gasteiger partial charge is 0.270 e. The van der Waals surface area contributed by atoms with Gasteiger partial charge in [-0.1, -0.05) is 36.4 Å². The van der Waals surface area contributed by atoms with E-state index in [2.05, 4.69) is 5.10 Å². The highest BCUT2D eigenvalue weighted by molar-refractivity contribution is 5.80. The Morgan fingerprint density at radius 3 is 2.38 bits per heavy atom. The van der Waals surface area contributed by atoms with Crippen molar-refractivity contribution in [3.8, 4) is 11.5 Å². The molecule has 3 aromatic rings. The Bertz CT molecular complexity index is 1060. The molecular weight excluding hydrogens is 368 g/mol. The van der Waals surface area contributed by atoms with Crippen LogP contribution in [0.25, 0.3) is 0 Å². The van der Waals surface area contributed by atoms with Gasteiger partial charge < -0.3 is 9.47 Å². The molecule has 1 aromatic heterocycles. The number of hydrogen-bond donors (Lipinski definition) is 0. The van der Waals surface area contributed by atoms with Crippen molar-refractivity contribution in [1.82, 2.24) is 9.78 Å². The number of carbonyl (C=O) groups excluding carboxylic acids is 1. The Morgan fingerprint density at radius 2 is 1.69 bits per heavy atom.